The maximum absolute atomic E-state index is 5.07. The molecule has 10 aromatic rings. The SMILES string of the molecule is c1ccc(-c2ccc(CCc3cc(CCc4ccc(-c5ccccc5)nc4)cc(-c4ccccc4-c4cnc(-c5ccccc5)cc4-c4cnc(-c5ccccc5)nc4)c3)cn2)cc1. The average molecular weight is 824 g/mol. The Kier molecular flexibility index (Phi) is 11.8. The maximum atomic E-state index is 5.07. The van der Waals surface area contributed by atoms with E-state index in [1.165, 1.54) is 27.8 Å². The van der Waals surface area contributed by atoms with Crippen LogP contribution in [0.25, 0.3) is 78.5 Å². The molecule has 64 heavy (non-hydrogen) atoms. The molecule has 0 atom stereocenters. The van der Waals surface area contributed by atoms with Crippen molar-refractivity contribution in [1.29, 1.82) is 0 Å². The van der Waals surface area contributed by atoms with E-state index in [1.54, 1.807) is 0 Å². The highest BCUT2D eigenvalue weighted by molar-refractivity contribution is 5.92. The first-order valence-electron chi connectivity index (χ1n) is 21.9. The van der Waals surface area contributed by atoms with Crippen molar-refractivity contribution in [3.63, 3.8) is 0 Å². The topological polar surface area (TPSA) is 64.5 Å². The second kappa shape index (κ2) is 18.9. The fraction of sp³-hybridized carbons (Fsp3) is 0.0678. The quantitative estimate of drug-likeness (QED) is 0.116. The van der Waals surface area contributed by atoms with Crippen LogP contribution in [-0.4, -0.2) is 24.9 Å². The van der Waals surface area contributed by atoms with Gasteiger partial charge in [0.05, 0.1) is 17.1 Å². The van der Waals surface area contributed by atoms with Crippen LogP contribution in [0, 0.1) is 0 Å². The molecule has 5 nitrogen and oxygen atoms in total. The minimum Gasteiger partial charge on any atom is -0.256 e. The van der Waals surface area contributed by atoms with Gasteiger partial charge in [-0.1, -0.05) is 176 Å². The average Bonchev–Trinajstić information content (AvgIpc) is 3.38. The summed E-state index contributed by atoms with van der Waals surface area (Å²) in [6.45, 7) is 0. The van der Waals surface area contributed by atoms with Crippen molar-refractivity contribution in [2.75, 3.05) is 0 Å². The van der Waals surface area contributed by atoms with E-state index < -0.39 is 0 Å². The standard InChI is InChI=1S/C59H45N5/c1-5-15-46(16-6-1)56-31-29-42(37-60-56)25-27-44-33-45(28-26-43-30-32-57(61-38-43)47-17-7-2-8-18-47)35-50(34-44)52-23-13-14-24-53(52)55-41-62-58(48-19-9-3-10-20-48)36-54(55)51-39-63-59(64-40-51)49-21-11-4-12-22-49/h1-24,29-41H,25-28H2. The number of aryl methyl sites for hydroxylation is 4. The highest BCUT2D eigenvalue weighted by Gasteiger charge is 2.17. The largest absolute Gasteiger partial charge is 0.256 e. The van der Waals surface area contributed by atoms with E-state index >= 15 is 0 Å². The van der Waals surface area contributed by atoms with Gasteiger partial charge in [0.15, 0.2) is 5.82 Å². The van der Waals surface area contributed by atoms with Crippen molar-refractivity contribution in [3.8, 4) is 78.5 Å². The van der Waals surface area contributed by atoms with Crippen molar-refractivity contribution in [3.05, 3.63) is 247 Å². The second-order valence-corrected chi connectivity index (χ2v) is 16.1. The van der Waals surface area contributed by atoms with E-state index in [0.717, 1.165) is 92.8 Å². The number of hydrogen-bond donors (Lipinski definition) is 0. The van der Waals surface area contributed by atoms with Crippen LogP contribution >= 0.6 is 0 Å². The molecule has 306 valence electrons. The molecule has 0 saturated carbocycles. The van der Waals surface area contributed by atoms with E-state index in [4.69, 9.17) is 24.9 Å². The molecule has 0 radical (unpaired) electrons. The van der Waals surface area contributed by atoms with Crippen LogP contribution in [0.15, 0.2) is 225 Å². The van der Waals surface area contributed by atoms with E-state index in [0.29, 0.717) is 5.82 Å². The molecule has 10 rings (SSSR count). The molecule has 0 amide bonds. The lowest BCUT2D eigenvalue weighted by molar-refractivity contribution is 0.923. The third-order valence-electron chi connectivity index (χ3n) is 11.7. The molecule has 0 spiro atoms. The van der Waals surface area contributed by atoms with Gasteiger partial charge in [-0.3, -0.25) is 15.0 Å². The minimum absolute atomic E-state index is 0.693. The summed E-state index contributed by atoms with van der Waals surface area (Å²) >= 11 is 0. The van der Waals surface area contributed by atoms with Gasteiger partial charge in [0, 0.05) is 64.4 Å². The summed E-state index contributed by atoms with van der Waals surface area (Å²) in [6.07, 6.45) is 13.5. The molecule has 0 N–H and O–H groups in total. The summed E-state index contributed by atoms with van der Waals surface area (Å²) in [7, 11) is 0. The van der Waals surface area contributed by atoms with Crippen molar-refractivity contribution in [2.45, 2.75) is 25.7 Å². The summed E-state index contributed by atoms with van der Waals surface area (Å²) in [5, 5.41) is 0. The minimum atomic E-state index is 0.693. The Labute approximate surface area is 375 Å². The number of hydrogen-bond acceptors (Lipinski definition) is 5. The van der Waals surface area contributed by atoms with E-state index in [2.05, 4.69) is 146 Å². The van der Waals surface area contributed by atoms with Crippen LogP contribution in [0.3, 0.4) is 0 Å². The summed E-state index contributed by atoms with van der Waals surface area (Å²) in [4.78, 5) is 24.5. The predicted molar refractivity (Wildman–Crippen MR) is 261 cm³/mol. The van der Waals surface area contributed by atoms with Gasteiger partial charge in [0.1, 0.15) is 0 Å². The number of pyridine rings is 3. The van der Waals surface area contributed by atoms with E-state index in [-0.39, 0.29) is 0 Å². The van der Waals surface area contributed by atoms with Crippen LogP contribution < -0.4 is 0 Å². The Bertz CT molecular complexity index is 2990. The van der Waals surface area contributed by atoms with Crippen molar-refractivity contribution in [2.24, 2.45) is 0 Å². The molecule has 6 aromatic carbocycles. The van der Waals surface area contributed by atoms with Crippen molar-refractivity contribution >= 4 is 0 Å². The Morgan fingerprint density at radius 2 is 0.672 bits per heavy atom. The molecule has 0 aliphatic heterocycles. The van der Waals surface area contributed by atoms with Crippen LogP contribution in [0.5, 0.6) is 0 Å². The summed E-state index contributed by atoms with van der Waals surface area (Å²) < 4.78 is 0. The van der Waals surface area contributed by atoms with Crippen LogP contribution in [-0.2, 0) is 25.7 Å². The van der Waals surface area contributed by atoms with Gasteiger partial charge in [-0.25, -0.2) is 9.97 Å². The van der Waals surface area contributed by atoms with Gasteiger partial charge in [0.25, 0.3) is 0 Å². The van der Waals surface area contributed by atoms with Gasteiger partial charge >= 0.3 is 0 Å². The zero-order valence-electron chi connectivity index (χ0n) is 35.4. The molecule has 0 saturated heterocycles. The molecule has 0 aliphatic carbocycles. The van der Waals surface area contributed by atoms with Crippen LogP contribution in [0.1, 0.15) is 22.3 Å². The van der Waals surface area contributed by atoms with E-state index in [9.17, 15) is 0 Å². The Balaban J connectivity index is 1.01. The molecule has 5 heteroatoms. The Hall–Kier alpha value is -8.15. The van der Waals surface area contributed by atoms with E-state index in [1.807, 2.05) is 79.5 Å². The van der Waals surface area contributed by atoms with Crippen LogP contribution in [0.4, 0.5) is 0 Å². The third-order valence-corrected chi connectivity index (χ3v) is 11.7. The highest BCUT2D eigenvalue weighted by Crippen LogP contribution is 2.40. The second-order valence-electron chi connectivity index (χ2n) is 16.1. The number of benzene rings is 6. The lowest BCUT2D eigenvalue weighted by Gasteiger charge is -2.17. The Morgan fingerprint density at radius 3 is 1.17 bits per heavy atom. The number of rotatable bonds is 13. The first-order valence-corrected chi connectivity index (χ1v) is 21.9. The fourth-order valence-corrected chi connectivity index (χ4v) is 8.34. The molecular formula is C59H45N5. The molecule has 0 bridgehead atoms. The summed E-state index contributed by atoms with van der Waals surface area (Å²) in [6, 6.07) is 67.8. The van der Waals surface area contributed by atoms with Gasteiger partial charge in [-0.15, -0.1) is 0 Å². The highest BCUT2D eigenvalue weighted by atomic mass is 14.9. The Morgan fingerprint density at radius 1 is 0.234 bits per heavy atom. The molecule has 4 aromatic heterocycles. The maximum Gasteiger partial charge on any atom is 0.159 e. The molecular weight excluding hydrogens is 779 g/mol. The summed E-state index contributed by atoms with van der Waals surface area (Å²) in [5.74, 6) is 0.693. The zero-order valence-corrected chi connectivity index (χ0v) is 35.4. The zero-order chi connectivity index (χ0) is 42.9. The lowest BCUT2D eigenvalue weighted by atomic mass is 9.88. The first kappa shape index (κ1) is 40.0. The number of aromatic nitrogens is 5. The third kappa shape index (κ3) is 9.20. The van der Waals surface area contributed by atoms with Gasteiger partial charge in [-0.05, 0) is 88.4 Å². The molecule has 0 fully saturated rings. The van der Waals surface area contributed by atoms with Gasteiger partial charge in [-0.2, -0.15) is 0 Å². The normalized spacial score (nSPS) is 11.1. The monoisotopic (exact) mass is 823 g/mol. The fourth-order valence-electron chi connectivity index (χ4n) is 8.34. The predicted octanol–water partition coefficient (Wildman–Crippen LogP) is 13.9. The number of nitrogens with zero attached hydrogens (tertiary/aromatic N) is 5. The van der Waals surface area contributed by atoms with Gasteiger partial charge < -0.3 is 0 Å². The molecule has 0 aliphatic rings. The lowest BCUT2D eigenvalue weighted by Crippen LogP contribution is -1.99. The van der Waals surface area contributed by atoms with Crippen molar-refractivity contribution in [1.82, 2.24) is 24.9 Å². The van der Waals surface area contributed by atoms with Crippen molar-refractivity contribution < 1.29 is 0 Å². The smallest absolute Gasteiger partial charge is 0.159 e. The first-order chi connectivity index (χ1) is 31.7. The van der Waals surface area contributed by atoms with Crippen LogP contribution in [0.2, 0.25) is 0 Å². The molecule has 4 heterocycles. The molecule has 0 unspecified atom stereocenters. The summed E-state index contributed by atoms with van der Waals surface area (Å²) in [5.41, 5.74) is 18.5. The van der Waals surface area contributed by atoms with Gasteiger partial charge in [0.2, 0.25) is 0 Å².